The number of hydrogen-bond donors (Lipinski definition) is 2. The lowest BCUT2D eigenvalue weighted by molar-refractivity contribution is -0.136. The molecule has 2 N–H and O–H groups in total. The first kappa shape index (κ1) is 35.3. The van der Waals surface area contributed by atoms with E-state index in [2.05, 4.69) is 46.6 Å². The van der Waals surface area contributed by atoms with Gasteiger partial charge in [0.15, 0.2) is 5.75 Å². The molecule has 0 radical (unpaired) electrons. The van der Waals surface area contributed by atoms with Gasteiger partial charge in [-0.3, -0.25) is 34.3 Å². The number of halogens is 2. The topological polar surface area (TPSA) is 143 Å². The molecular formula is C40H38F2N6O6. The fourth-order valence-corrected chi connectivity index (χ4v) is 7.36. The Hall–Kier alpha value is -5.76. The maximum atomic E-state index is 13.2. The van der Waals surface area contributed by atoms with Crippen LogP contribution in [-0.4, -0.2) is 80.6 Å². The van der Waals surface area contributed by atoms with Gasteiger partial charge in [0.2, 0.25) is 11.8 Å². The van der Waals surface area contributed by atoms with E-state index in [0.29, 0.717) is 23.0 Å². The maximum absolute atomic E-state index is 13.2. The largest absolute Gasteiger partial charge is 0.490 e. The van der Waals surface area contributed by atoms with E-state index in [4.69, 9.17) is 9.47 Å². The maximum Gasteiger partial charge on any atom is 0.272 e. The molecule has 0 bridgehead atoms. The number of nitrogens with zero attached hydrogens (tertiary/aromatic N) is 4. The fourth-order valence-electron chi connectivity index (χ4n) is 7.36. The van der Waals surface area contributed by atoms with Crippen LogP contribution >= 0.6 is 0 Å². The smallest absolute Gasteiger partial charge is 0.272 e. The zero-order chi connectivity index (χ0) is 37.8. The second kappa shape index (κ2) is 13.6. The predicted molar refractivity (Wildman–Crippen MR) is 192 cm³/mol. The molecule has 12 nitrogen and oxygen atoms in total. The first-order chi connectivity index (χ1) is 25.8. The molecule has 4 heterocycles. The summed E-state index contributed by atoms with van der Waals surface area (Å²) in [5.41, 5.74) is 3.09. The van der Waals surface area contributed by atoms with Crippen molar-refractivity contribution >= 4 is 29.3 Å². The summed E-state index contributed by atoms with van der Waals surface area (Å²) in [7, 11) is 0. The predicted octanol–water partition coefficient (Wildman–Crippen LogP) is 5.47. The third-order valence-corrected chi connectivity index (χ3v) is 10.6. The first-order valence-corrected chi connectivity index (χ1v) is 17.9. The second-order valence-corrected chi connectivity index (χ2v) is 14.9. The summed E-state index contributed by atoms with van der Waals surface area (Å²) in [6.45, 7) is 4.02. The number of imide groups is 2. The van der Waals surface area contributed by atoms with Crippen molar-refractivity contribution < 1.29 is 37.4 Å². The Morgan fingerprint density at radius 3 is 2.11 bits per heavy atom. The Bertz CT molecular complexity index is 2110. The number of anilines is 1. The van der Waals surface area contributed by atoms with Crippen molar-refractivity contribution in [2.45, 2.75) is 75.6 Å². The van der Waals surface area contributed by atoms with Gasteiger partial charge in [-0.05, 0) is 60.0 Å². The number of likely N-dealkylation sites (tertiary alicyclic amines) is 1. The zero-order valence-corrected chi connectivity index (χ0v) is 29.7. The van der Waals surface area contributed by atoms with Crippen LogP contribution in [0.4, 0.5) is 14.5 Å². The number of ether oxygens (including phenoxy) is 2. The number of fused-ring (bicyclic) bond motifs is 1. The van der Waals surface area contributed by atoms with E-state index in [0.717, 1.165) is 34.6 Å². The molecule has 4 amide bonds. The highest BCUT2D eigenvalue weighted by Gasteiger charge is 2.45. The Morgan fingerprint density at radius 1 is 0.852 bits per heavy atom. The molecule has 1 aromatic heterocycles. The van der Waals surface area contributed by atoms with Crippen molar-refractivity contribution in [2.24, 2.45) is 0 Å². The number of alkyl halides is 2. The molecule has 2 saturated heterocycles. The molecule has 54 heavy (non-hydrogen) atoms. The summed E-state index contributed by atoms with van der Waals surface area (Å²) in [6.07, 6.45) is 4.80. The van der Waals surface area contributed by atoms with Gasteiger partial charge in [-0.2, -0.15) is 0 Å². The van der Waals surface area contributed by atoms with Crippen LogP contribution in [-0.2, 0) is 21.5 Å². The number of aromatic nitrogens is 2. The van der Waals surface area contributed by atoms with Gasteiger partial charge >= 0.3 is 0 Å². The quantitative estimate of drug-likeness (QED) is 0.191. The fraction of sp³-hybridized carbons (Fsp3) is 0.350. The van der Waals surface area contributed by atoms with E-state index in [-0.39, 0.29) is 61.2 Å². The Balaban J connectivity index is 0.812. The SMILES string of the molecule is CC(C)(c1ccc(Oc2cnc(CN3CC(F)(F)C3)nc2)cc1)c1ccc(OC2CC(Nc3ccc4c(c3)C(=O)N(C3CCC(=O)NC3=O)C4=O)C2)cc1. The van der Waals surface area contributed by atoms with Crippen molar-refractivity contribution in [3.63, 3.8) is 0 Å². The van der Waals surface area contributed by atoms with Gasteiger partial charge in [0.1, 0.15) is 29.5 Å². The van der Waals surface area contributed by atoms with Crippen LogP contribution in [0.2, 0.25) is 0 Å². The summed E-state index contributed by atoms with van der Waals surface area (Å²) in [6, 6.07) is 20.0. The third kappa shape index (κ3) is 7.00. The number of benzene rings is 3. The lowest BCUT2D eigenvalue weighted by Crippen LogP contribution is -2.55. The number of piperidine rings is 1. The number of rotatable bonds is 11. The van der Waals surface area contributed by atoms with Crippen molar-refractivity contribution in [1.29, 1.82) is 0 Å². The summed E-state index contributed by atoms with van der Waals surface area (Å²) in [5, 5.41) is 5.64. The van der Waals surface area contributed by atoms with Gasteiger partial charge in [0.25, 0.3) is 17.7 Å². The van der Waals surface area contributed by atoms with Gasteiger partial charge in [0, 0.05) is 36.4 Å². The highest BCUT2D eigenvalue weighted by atomic mass is 19.3. The molecule has 14 heteroatoms. The standard InChI is InChI=1S/C40H38F2N6O6/c1-39(2,24-5-10-28(11-6-24)54-30-18-43-34(44-19-30)20-47-21-40(41,42)22-47)23-3-8-27(9-4-23)53-29-15-26(16-29)45-25-7-12-31-32(17-25)38(52)48(37(31)51)33-13-14-35(49)46-36(33)50/h3-12,17-19,26,29,33,45H,13-16,20-22H2,1-2H3,(H,46,49,50). The lowest BCUT2D eigenvalue weighted by Gasteiger charge is -2.38. The molecule has 4 aromatic rings. The van der Waals surface area contributed by atoms with Crippen molar-refractivity contribution in [3.05, 3.63) is 107 Å². The van der Waals surface area contributed by atoms with Crippen LogP contribution in [0.1, 0.15) is 77.2 Å². The molecule has 1 saturated carbocycles. The minimum atomic E-state index is -2.62. The number of amides is 4. The number of hydrogen-bond acceptors (Lipinski definition) is 10. The van der Waals surface area contributed by atoms with Crippen LogP contribution in [0.3, 0.4) is 0 Å². The van der Waals surface area contributed by atoms with Crippen molar-refractivity contribution in [1.82, 2.24) is 25.1 Å². The highest BCUT2D eigenvalue weighted by Crippen LogP contribution is 2.36. The van der Waals surface area contributed by atoms with Crippen molar-refractivity contribution in [2.75, 3.05) is 18.4 Å². The average molecular weight is 737 g/mol. The Morgan fingerprint density at radius 2 is 1.48 bits per heavy atom. The summed E-state index contributed by atoms with van der Waals surface area (Å²) < 4.78 is 38.3. The van der Waals surface area contributed by atoms with Gasteiger partial charge in [-0.25, -0.2) is 18.7 Å². The zero-order valence-electron chi connectivity index (χ0n) is 29.7. The molecule has 1 aliphatic carbocycles. The summed E-state index contributed by atoms with van der Waals surface area (Å²) >= 11 is 0. The highest BCUT2D eigenvalue weighted by molar-refractivity contribution is 6.23. The van der Waals surface area contributed by atoms with E-state index in [1.54, 1.807) is 35.5 Å². The average Bonchev–Trinajstić information content (AvgIpc) is 3.36. The summed E-state index contributed by atoms with van der Waals surface area (Å²) in [5.74, 6) is -2.40. The Labute approximate surface area is 309 Å². The first-order valence-electron chi connectivity index (χ1n) is 17.9. The normalized spacial score (nSPS) is 22.2. The molecule has 1 unspecified atom stereocenters. The summed E-state index contributed by atoms with van der Waals surface area (Å²) in [4.78, 5) is 61.1. The van der Waals surface area contributed by atoms with E-state index in [1.165, 1.54) is 0 Å². The molecule has 3 aliphatic heterocycles. The van der Waals surface area contributed by atoms with Crippen LogP contribution < -0.4 is 20.1 Å². The molecule has 8 rings (SSSR count). The monoisotopic (exact) mass is 736 g/mol. The van der Waals surface area contributed by atoms with E-state index in [9.17, 15) is 28.0 Å². The minimum absolute atomic E-state index is 0.0182. The molecule has 0 spiro atoms. The van der Waals surface area contributed by atoms with Crippen LogP contribution in [0.25, 0.3) is 0 Å². The van der Waals surface area contributed by atoms with Crippen LogP contribution in [0.15, 0.2) is 79.1 Å². The third-order valence-electron chi connectivity index (χ3n) is 10.6. The van der Waals surface area contributed by atoms with Gasteiger partial charge < -0.3 is 14.8 Å². The number of carbonyl (C=O) groups excluding carboxylic acids is 4. The second-order valence-electron chi connectivity index (χ2n) is 14.9. The molecular weight excluding hydrogens is 698 g/mol. The van der Waals surface area contributed by atoms with Crippen molar-refractivity contribution in [3.8, 4) is 17.2 Å². The van der Waals surface area contributed by atoms with Crippen LogP contribution in [0, 0.1) is 0 Å². The Kier molecular flexibility index (Phi) is 8.87. The number of nitrogens with one attached hydrogen (secondary N) is 2. The lowest BCUT2D eigenvalue weighted by atomic mass is 9.78. The number of carbonyl (C=O) groups is 4. The van der Waals surface area contributed by atoms with E-state index in [1.807, 2.05) is 36.4 Å². The van der Waals surface area contributed by atoms with Crippen LogP contribution in [0.5, 0.6) is 17.2 Å². The molecule has 4 aliphatic rings. The molecule has 278 valence electrons. The van der Waals surface area contributed by atoms with Gasteiger partial charge in [0.05, 0.1) is 43.2 Å². The molecule has 3 fully saturated rings. The van der Waals surface area contributed by atoms with Gasteiger partial charge in [-0.15, -0.1) is 0 Å². The molecule has 1 atom stereocenters. The van der Waals surface area contributed by atoms with Gasteiger partial charge in [-0.1, -0.05) is 38.1 Å². The molecule has 3 aromatic carbocycles. The van der Waals surface area contributed by atoms with E-state index < -0.39 is 35.6 Å². The van der Waals surface area contributed by atoms with E-state index >= 15 is 0 Å². The minimum Gasteiger partial charge on any atom is -0.490 e.